The third kappa shape index (κ3) is 2.56. The van der Waals surface area contributed by atoms with Gasteiger partial charge in [0.25, 0.3) is 0 Å². The highest BCUT2D eigenvalue weighted by molar-refractivity contribution is 7.89. The topological polar surface area (TPSA) is 94.9 Å². The standard InChI is InChI=1S/C10H15NO5S2/c1-10(2,6-12)11(3)18(15,16)7-4-5-17-8(7)9(13)14/h4-5,12H,6H2,1-3H3,(H,13,14). The second-order valence-corrected chi connectivity index (χ2v) is 7.22. The second-order valence-electron chi connectivity index (χ2n) is 4.36. The minimum atomic E-state index is -3.94. The number of likely N-dealkylation sites (N-methyl/N-ethyl adjacent to an activating group) is 1. The molecule has 18 heavy (non-hydrogen) atoms. The molecular weight excluding hydrogens is 278 g/mol. The lowest BCUT2D eigenvalue weighted by atomic mass is 10.1. The van der Waals surface area contributed by atoms with Crippen molar-refractivity contribution >= 4 is 27.3 Å². The van der Waals surface area contributed by atoms with Crippen molar-refractivity contribution in [1.82, 2.24) is 4.31 Å². The van der Waals surface area contributed by atoms with Gasteiger partial charge in [0.1, 0.15) is 9.77 Å². The molecule has 0 fully saturated rings. The summed E-state index contributed by atoms with van der Waals surface area (Å²) >= 11 is 0.852. The molecule has 8 heteroatoms. The van der Waals surface area contributed by atoms with Crippen molar-refractivity contribution in [3.63, 3.8) is 0 Å². The average molecular weight is 293 g/mol. The number of hydrogen-bond donors (Lipinski definition) is 2. The van der Waals surface area contributed by atoms with Crippen LogP contribution in [-0.4, -0.2) is 48.1 Å². The summed E-state index contributed by atoms with van der Waals surface area (Å²) < 4.78 is 25.5. The molecule has 0 saturated heterocycles. The second kappa shape index (κ2) is 4.96. The Hall–Kier alpha value is -0.960. The lowest BCUT2D eigenvalue weighted by molar-refractivity contribution is 0.0698. The van der Waals surface area contributed by atoms with E-state index >= 15 is 0 Å². The first-order valence-electron chi connectivity index (χ1n) is 5.05. The number of carbonyl (C=O) groups is 1. The summed E-state index contributed by atoms with van der Waals surface area (Å²) in [7, 11) is -2.62. The Morgan fingerprint density at radius 1 is 1.50 bits per heavy atom. The van der Waals surface area contributed by atoms with Crippen LogP contribution in [0.3, 0.4) is 0 Å². The minimum Gasteiger partial charge on any atom is -0.477 e. The maximum atomic E-state index is 12.3. The third-order valence-corrected chi connectivity index (χ3v) is 5.84. The van der Waals surface area contributed by atoms with Crippen LogP contribution in [0.5, 0.6) is 0 Å². The number of rotatable bonds is 5. The molecule has 1 aromatic rings. The molecule has 0 spiro atoms. The van der Waals surface area contributed by atoms with E-state index in [1.807, 2.05) is 0 Å². The van der Waals surface area contributed by atoms with Gasteiger partial charge in [0.05, 0.1) is 12.1 Å². The Labute approximate surface area is 110 Å². The predicted octanol–water partition coefficient (Wildman–Crippen LogP) is 0.838. The van der Waals surface area contributed by atoms with E-state index in [0.717, 1.165) is 15.6 Å². The molecule has 2 N–H and O–H groups in total. The van der Waals surface area contributed by atoms with Gasteiger partial charge in [0.2, 0.25) is 10.0 Å². The van der Waals surface area contributed by atoms with Gasteiger partial charge in [0, 0.05) is 7.05 Å². The van der Waals surface area contributed by atoms with Gasteiger partial charge in [-0.25, -0.2) is 13.2 Å². The summed E-state index contributed by atoms with van der Waals surface area (Å²) in [6.45, 7) is 2.74. The normalized spacial score (nSPS) is 12.9. The van der Waals surface area contributed by atoms with Crippen molar-refractivity contribution in [3.05, 3.63) is 16.3 Å². The summed E-state index contributed by atoms with van der Waals surface area (Å²) in [5.41, 5.74) is -1.00. The predicted molar refractivity (Wildman–Crippen MR) is 67.4 cm³/mol. The van der Waals surface area contributed by atoms with E-state index in [4.69, 9.17) is 5.11 Å². The highest BCUT2D eigenvalue weighted by Crippen LogP contribution is 2.28. The number of sulfonamides is 1. The number of hydrogen-bond acceptors (Lipinski definition) is 5. The van der Waals surface area contributed by atoms with Crippen LogP contribution in [-0.2, 0) is 10.0 Å². The van der Waals surface area contributed by atoms with Crippen molar-refractivity contribution in [2.24, 2.45) is 0 Å². The maximum Gasteiger partial charge on any atom is 0.347 e. The van der Waals surface area contributed by atoms with Crippen molar-refractivity contribution in [3.8, 4) is 0 Å². The number of carboxylic acids is 1. The molecule has 1 rings (SSSR count). The molecule has 1 heterocycles. The molecule has 0 aliphatic carbocycles. The lowest BCUT2D eigenvalue weighted by Crippen LogP contribution is -2.47. The fraction of sp³-hybridized carbons (Fsp3) is 0.500. The molecule has 0 saturated carbocycles. The van der Waals surface area contributed by atoms with Gasteiger partial charge < -0.3 is 10.2 Å². The van der Waals surface area contributed by atoms with E-state index in [1.165, 1.54) is 18.5 Å². The van der Waals surface area contributed by atoms with E-state index in [-0.39, 0.29) is 16.4 Å². The van der Waals surface area contributed by atoms with Gasteiger partial charge in [-0.15, -0.1) is 11.3 Å². The van der Waals surface area contributed by atoms with Crippen molar-refractivity contribution in [2.75, 3.05) is 13.7 Å². The van der Waals surface area contributed by atoms with E-state index in [9.17, 15) is 18.3 Å². The molecule has 0 aliphatic rings. The molecule has 6 nitrogen and oxygen atoms in total. The van der Waals surface area contributed by atoms with Gasteiger partial charge in [-0.2, -0.15) is 4.31 Å². The van der Waals surface area contributed by atoms with Crippen LogP contribution in [0.2, 0.25) is 0 Å². The molecule has 0 unspecified atom stereocenters. The fourth-order valence-corrected chi connectivity index (χ4v) is 3.97. The van der Waals surface area contributed by atoms with Crippen molar-refractivity contribution in [1.29, 1.82) is 0 Å². The Morgan fingerprint density at radius 2 is 2.06 bits per heavy atom. The quantitative estimate of drug-likeness (QED) is 0.838. The van der Waals surface area contributed by atoms with Crippen LogP contribution in [0, 0.1) is 0 Å². The van der Waals surface area contributed by atoms with Gasteiger partial charge in [-0.05, 0) is 25.3 Å². The zero-order chi connectivity index (χ0) is 14.1. The van der Waals surface area contributed by atoms with Crippen LogP contribution in [0.4, 0.5) is 0 Å². The van der Waals surface area contributed by atoms with E-state index in [0.29, 0.717) is 0 Å². The van der Waals surface area contributed by atoms with Crippen LogP contribution >= 0.6 is 11.3 Å². The molecule has 1 aromatic heterocycles. The monoisotopic (exact) mass is 293 g/mol. The Bertz CT molecular complexity index is 546. The lowest BCUT2D eigenvalue weighted by Gasteiger charge is -2.32. The fourth-order valence-electron chi connectivity index (χ4n) is 1.23. The highest BCUT2D eigenvalue weighted by Gasteiger charge is 2.36. The highest BCUT2D eigenvalue weighted by atomic mass is 32.2. The zero-order valence-electron chi connectivity index (χ0n) is 10.2. The van der Waals surface area contributed by atoms with Crippen LogP contribution < -0.4 is 0 Å². The molecule has 0 amide bonds. The Balaban J connectivity index is 3.31. The SMILES string of the molecule is CN(C(C)(C)CO)S(=O)(=O)c1ccsc1C(=O)O. The van der Waals surface area contributed by atoms with Gasteiger partial charge in [-0.3, -0.25) is 0 Å². The van der Waals surface area contributed by atoms with Crippen LogP contribution in [0.1, 0.15) is 23.5 Å². The third-order valence-electron chi connectivity index (χ3n) is 2.70. The summed E-state index contributed by atoms with van der Waals surface area (Å²) in [6, 6.07) is 1.26. The Kier molecular flexibility index (Phi) is 4.16. The molecule has 0 aromatic carbocycles. The van der Waals surface area contributed by atoms with Crippen LogP contribution in [0.25, 0.3) is 0 Å². The maximum absolute atomic E-state index is 12.3. The summed E-state index contributed by atoms with van der Waals surface area (Å²) in [4.78, 5) is 10.5. The summed E-state index contributed by atoms with van der Waals surface area (Å²) in [6.07, 6.45) is 0. The average Bonchev–Trinajstić information content (AvgIpc) is 2.77. The summed E-state index contributed by atoms with van der Waals surface area (Å²) in [5, 5.41) is 19.5. The van der Waals surface area contributed by atoms with E-state index < -0.39 is 21.5 Å². The summed E-state index contributed by atoms with van der Waals surface area (Å²) in [5.74, 6) is -1.28. The first-order valence-corrected chi connectivity index (χ1v) is 7.37. The number of aliphatic hydroxyl groups is 1. The number of carboxylic acid groups (broad SMARTS) is 1. The zero-order valence-corrected chi connectivity index (χ0v) is 11.9. The first kappa shape index (κ1) is 15.1. The molecule has 0 atom stereocenters. The smallest absolute Gasteiger partial charge is 0.347 e. The van der Waals surface area contributed by atoms with Crippen LogP contribution in [0.15, 0.2) is 16.3 Å². The number of aliphatic hydroxyl groups excluding tert-OH is 1. The minimum absolute atomic E-state index is 0.226. The molecule has 0 bridgehead atoms. The molecule has 0 aliphatic heterocycles. The van der Waals surface area contributed by atoms with E-state index in [1.54, 1.807) is 13.8 Å². The number of thiophene rings is 1. The van der Waals surface area contributed by atoms with Crippen molar-refractivity contribution < 1.29 is 23.4 Å². The largest absolute Gasteiger partial charge is 0.477 e. The molecular formula is C10H15NO5S2. The van der Waals surface area contributed by atoms with Gasteiger partial charge >= 0.3 is 5.97 Å². The molecule has 0 radical (unpaired) electrons. The van der Waals surface area contributed by atoms with Crippen molar-refractivity contribution in [2.45, 2.75) is 24.3 Å². The van der Waals surface area contributed by atoms with E-state index in [2.05, 4.69) is 0 Å². The first-order chi connectivity index (χ1) is 8.14. The number of aromatic carboxylic acids is 1. The van der Waals surface area contributed by atoms with Gasteiger partial charge in [0.15, 0.2) is 0 Å². The number of nitrogens with zero attached hydrogens (tertiary/aromatic N) is 1. The Morgan fingerprint density at radius 3 is 2.50 bits per heavy atom. The van der Waals surface area contributed by atoms with Gasteiger partial charge in [-0.1, -0.05) is 0 Å². The molecule has 102 valence electrons.